The molecule has 3 nitrogen and oxygen atoms in total. The van der Waals surface area contributed by atoms with Gasteiger partial charge in [-0.1, -0.05) is 19.3 Å². The lowest BCUT2D eigenvalue weighted by molar-refractivity contribution is 0.347. The summed E-state index contributed by atoms with van der Waals surface area (Å²) in [5.41, 5.74) is -0.0726. The van der Waals surface area contributed by atoms with Crippen molar-refractivity contribution >= 4 is 17.4 Å². The van der Waals surface area contributed by atoms with Gasteiger partial charge in [-0.05, 0) is 31.4 Å². The van der Waals surface area contributed by atoms with Crippen LogP contribution in [0.4, 0.5) is 10.2 Å². The van der Waals surface area contributed by atoms with Crippen molar-refractivity contribution in [3.05, 3.63) is 17.3 Å². The minimum Gasteiger partial charge on any atom is -0.362 e. The van der Waals surface area contributed by atoms with E-state index in [1.807, 2.05) is 0 Å². The van der Waals surface area contributed by atoms with Crippen molar-refractivity contribution in [1.29, 1.82) is 0 Å². The van der Waals surface area contributed by atoms with Crippen molar-refractivity contribution in [1.82, 2.24) is 9.97 Å². The van der Waals surface area contributed by atoms with E-state index in [9.17, 15) is 4.39 Å². The molecular formula is C11H15ClFN3. The summed E-state index contributed by atoms with van der Waals surface area (Å²) in [5.74, 6) is -0.236. The zero-order valence-corrected chi connectivity index (χ0v) is 10.0. The molecule has 1 fully saturated rings. The predicted octanol–water partition coefficient (Wildman–Crippen LogP) is 3.40. The molecule has 5 heteroatoms. The average Bonchev–Trinajstić information content (AvgIpc) is 2.24. The molecule has 1 aliphatic rings. The summed E-state index contributed by atoms with van der Waals surface area (Å²) in [6.45, 7) is 2.10. The highest BCUT2D eigenvalue weighted by atomic mass is 35.5. The van der Waals surface area contributed by atoms with Crippen LogP contribution in [0.3, 0.4) is 0 Å². The summed E-state index contributed by atoms with van der Waals surface area (Å²) < 4.78 is 13.4. The van der Waals surface area contributed by atoms with Gasteiger partial charge in [0.25, 0.3) is 0 Å². The monoisotopic (exact) mass is 243 g/mol. The first-order chi connectivity index (χ1) is 7.59. The second-order valence-corrected chi connectivity index (χ2v) is 4.92. The Morgan fingerprint density at radius 3 is 2.75 bits per heavy atom. The van der Waals surface area contributed by atoms with E-state index in [1.54, 1.807) is 0 Å². The van der Waals surface area contributed by atoms with Crippen LogP contribution >= 0.6 is 11.6 Å². The fraction of sp³-hybridized carbons (Fsp3) is 0.636. The molecule has 0 spiro atoms. The number of hydrogen-bond donors (Lipinski definition) is 1. The van der Waals surface area contributed by atoms with Gasteiger partial charge in [0.05, 0.1) is 6.20 Å². The highest BCUT2D eigenvalue weighted by molar-refractivity contribution is 6.28. The molecule has 0 radical (unpaired) electrons. The first-order valence-electron chi connectivity index (χ1n) is 5.55. The zero-order valence-electron chi connectivity index (χ0n) is 9.26. The maximum atomic E-state index is 13.4. The Balaban J connectivity index is 2.15. The van der Waals surface area contributed by atoms with E-state index in [4.69, 9.17) is 11.6 Å². The van der Waals surface area contributed by atoms with Gasteiger partial charge in [-0.3, -0.25) is 0 Å². The Morgan fingerprint density at radius 1 is 1.38 bits per heavy atom. The molecule has 0 bridgehead atoms. The van der Waals surface area contributed by atoms with Crippen LogP contribution in [0, 0.1) is 5.82 Å². The second kappa shape index (κ2) is 4.53. The summed E-state index contributed by atoms with van der Waals surface area (Å²) >= 11 is 5.65. The Bertz CT molecular complexity index is 377. The quantitative estimate of drug-likeness (QED) is 0.809. The van der Waals surface area contributed by atoms with Gasteiger partial charge in [0, 0.05) is 5.54 Å². The van der Waals surface area contributed by atoms with Crippen molar-refractivity contribution in [2.45, 2.75) is 44.6 Å². The number of hydrogen-bond acceptors (Lipinski definition) is 3. The van der Waals surface area contributed by atoms with Crippen LogP contribution in [0.2, 0.25) is 5.28 Å². The fourth-order valence-corrected chi connectivity index (χ4v) is 2.31. The van der Waals surface area contributed by atoms with Gasteiger partial charge >= 0.3 is 0 Å². The molecule has 16 heavy (non-hydrogen) atoms. The highest BCUT2D eigenvalue weighted by Crippen LogP contribution is 2.31. The average molecular weight is 244 g/mol. The first-order valence-corrected chi connectivity index (χ1v) is 5.93. The van der Waals surface area contributed by atoms with E-state index in [2.05, 4.69) is 22.2 Å². The van der Waals surface area contributed by atoms with E-state index < -0.39 is 5.82 Å². The molecule has 1 saturated carbocycles. The second-order valence-electron chi connectivity index (χ2n) is 4.58. The van der Waals surface area contributed by atoms with E-state index in [-0.39, 0.29) is 16.6 Å². The van der Waals surface area contributed by atoms with Crippen LogP contribution in [0.5, 0.6) is 0 Å². The van der Waals surface area contributed by atoms with Gasteiger partial charge < -0.3 is 5.32 Å². The van der Waals surface area contributed by atoms with E-state index >= 15 is 0 Å². The topological polar surface area (TPSA) is 37.8 Å². The van der Waals surface area contributed by atoms with Crippen LogP contribution in [0.1, 0.15) is 39.0 Å². The minimum absolute atomic E-state index is 0.0725. The third kappa shape index (κ3) is 2.61. The van der Waals surface area contributed by atoms with Gasteiger partial charge in [-0.2, -0.15) is 4.98 Å². The lowest BCUT2D eigenvalue weighted by atomic mass is 9.83. The molecule has 1 heterocycles. The molecule has 0 unspecified atom stereocenters. The molecule has 1 aromatic rings. The highest BCUT2D eigenvalue weighted by Gasteiger charge is 2.27. The lowest BCUT2D eigenvalue weighted by Crippen LogP contribution is -2.37. The van der Waals surface area contributed by atoms with Gasteiger partial charge in [-0.15, -0.1) is 0 Å². The van der Waals surface area contributed by atoms with Gasteiger partial charge in [0.15, 0.2) is 11.6 Å². The number of rotatable bonds is 2. The molecule has 0 aromatic carbocycles. The number of nitrogens with one attached hydrogen (secondary N) is 1. The van der Waals surface area contributed by atoms with Crippen molar-refractivity contribution in [2.24, 2.45) is 0 Å². The van der Waals surface area contributed by atoms with Crippen LogP contribution in [0.25, 0.3) is 0 Å². The normalized spacial score (nSPS) is 19.4. The van der Waals surface area contributed by atoms with Crippen molar-refractivity contribution in [2.75, 3.05) is 5.32 Å². The summed E-state index contributed by atoms with van der Waals surface area (Å²) in [6.07, 6.45) is 6.77. The van der Waals surface area contributed by atoms with Crippen LogP contribution in [-0.4, -0.2) is 15.5 Å². The van der Waals surface area contributed by atoms with Gasteiger partial charge in [0.2, 0.25) is 5.28 Å². The zero-order chi connectivity index (χ0) is 11.6. The molecular weight excluding hydrogens is 229 g/mol. The predicted molar refractivity (Wildman–Crippen MR) is 62.1 cm³/mol. The molecule has 1 aromatic heterocycles. The number of nitrogens with zero attached hydrogens (tertiary/aromatic N) is 2. The molecule has 0 saturated heterocycles. The van der Waals surface area contributed by atoms with Gasteiger partial charge in [-0.25, -0.2) is 9.37 Å². The van der Waals surface area contributed by atoms with Crippen LogP contribution in [-0.2, 0) is 0 Å². The summed E-state index contributed by atoms with van der Waals surface area (Å²) in [4.78, 5) is 7.47. The number of halogens is 2. The van der Waals surface area contributed by atoms with Crippen molar-refractivity contribution in [3.63, 3.8) is 0 Å². The molecule has 0 amide bonds. The maximum Gasteiger partial charge on any atom is 0.224 e. The standard InChI is InChI=1S/C11H15ClFN3/c1-11(5-3-2-4-6-11)16-9-8(13)7-14-10(12)15-9/h7H,2-6H2,1H3,(H,14,15,16). The summed E-state index contributed by atoms with van der Waals surface area (Å²) in [5, 5.41) is 3.23. The van der Waals surface area contributed by atoms with Gasteiger partial charge in [0.1, 0.15) is 0 Å². The van der Waals surface area contributed by atoms with E-state index in [0.717, 1.165) is 19.0 Å². The Kier molecular flexibility index (Phi) is 3.28. The largest absolute Gasteiger partial charge is 0.362 e. The smallest absolute Gasteiger partial charge is 0.224 e. The number of aromatic nitrogens is 2. The molecule has 2 rings (SSSR count). The van der Waals surface area contributed by atoms with Crippen molar-refractivity contribution in [3.8, 4) is 0 Å². The minimum atomic E-state index is -0.448. The Hall–Kier alpha value is -0.900. The van der Waals surface area contributed by atoms with Crippen molar-refractivity contribution < 1.29 is 4.39 Å². The SMILES string of the molecule is CC1(Nc2nc(Cl)ncc2F)CCCCC1. The fourth-order valence-electron chi connectivity index (χ4n) is 2.18. The molecule has 88 valence electrons. The maximum absolute atomic E-state index is 13.4. The Morgan fingerprint density at radius 2 is 2.06 bits per heavy atom. The Labute approximate surface area is 99.4 Å². The first kappa shape index (κ1) is 11.6. The molecule has 1 aliphatic carbocycles. The van der Waals surface area contributed by atoms with Crippen LogP contribution < -0.4 is 5.32 Å². The molecule has 0 aliphatic heterocycles. The lowest BCUT2D eigenvalue weighted by Gasteiger charge is -2.35. The van der Waals surface area contributed by atoms with E-state index in [0.29, 0.717) is 0 Å². The number of anilines is 1. The molecule has 0 atom stereocenters. The summed E-state index contributed by atoms with van der Waals surface area (Å²) in [6, 6.07) is 0. The molecule has 1 N–H and O–H groups in total. The summed E-state index contributed by atoms with van der Waals surface area (Å²) in [7, 11) is 0. The van der Waals surface area contributed by atoms with Crippen LogP contribution in [0.15, 0.2) is 6.20 Å². The third-order valence-corrected chi connectivity index (χ3v) is 3.27. The third-order valence-electron chi connectivity index (χ3n) is 3.09. The van der Waals surface area contributed by atoms with E-state index in [1.165, 1.54) is 19.3 Å².